The van der Waals surface area contributed by atoms with Gasteiger partial charge in [-0.1, -0.05) is 19.1 Å². The van der Waals surface area contributed by atoms with E-state index in [0.717, 1.165) is 30.6 Å². The van der Waals surface area contributed by atoms with E-state index < -0.39 is 11.7 Å². The number of benzene rings is 1. The molecule has 0 bridgehead atoms. The van der Waals surface area contributed by atoms with E-state index in [0.29, 0.717) is 32.0 Å². The van der Waals surface area contributed by atoms with Gasteiger partial charge in [-0.15, -0.1) is 24.0 Å². The van der Waals surface area contributed by atoms with Gasteiger partial charge in [-0.3, -0.25) is 4.79 Å². The second-order valence-corrected chi connectivity index (χ2v) is 7.90. The highest BCUT2D eigenvalue weighted by Crippen LogP contribution is 2.12. The van der Waals surface area contributed by atoms with Gasteiger partial charge in [0.1, 0.15) is 5.60 Å². The van der Waals surface area contributed by atoms with Crippen LogP contribution in [-0.2, 0) is 16.1 Å². The normalized spacial score (nSPS) is 11.2. The van der Waals surface area contributed by atoms with Crippen molar-refractivity contribution in [2.24, 2.45) is 4.99 Å². The Labute approximate surface area is 203 Å². The number of guanidine groups is 1. The molecular formula is C22H38IN5O3. The van der Waals surface area contributed by atoms with E-state index in [4.69, 9.17) is 4.74 Å². The van der Waals surface area contributed by atoms with Gasteiger partial charge >= 0.3 is 6.09 Å². The Hall–Kier alpha value is -2.04. The summed E-state index contributed by atoms with van der Waals surface area (Å²) in [5.41, 5.74) is 1.30. The summed E-state index contributed by atoms with van der Waals surface area (Å²) in [6.07, 6.45) is 1.66. The lowest BCUT2D eigenvalue weighted by molar-refractivity contribution is -0.116. The van der Waals surface area contributed by atoms with Crippen molar-refractivity contribution in [2.45, 2.75) is 66.0 Å². The molecule has 176 valence electrons. The number of aliphatic imine (C=N–C) groups is 1. The van der Waals surface area contributed by atoms with Gasteiger partial charge in [0.15, 0.2) is 5.96 Å². The predicted octanol–water partition coefficient (Wildman–Crippen LogP) is 4.01. The molecule has 0 spiro atoms. The number of hydrogen-bond acceptors (Lipinski definition) is 4. The van der Waals surface area contributed by atoms with Crippen LogP contribution in [-0.4, -0.2) is 43.2 Å². The number of hydrogen-bond donors (Lipinski definition) is 4. The number of amides is 2. The number of alkyl carbamates (subject to hydrolysis) is 1. The largest absolute Gasteiger partial charge is 0.444 e. The van der Waals surface area contributed by atoms with Gasteiger partial charge in [0, 0.05) is 31.7 Å². The number of anilines is 1. The zero-order valence-electron chi connectivity index (χ0n) is 19.3. The first-order valence-electron chi connectivity index (χ1n) is 10.6. The summed E-state index contributed by atoms with van der Waals surface area (Å²) >= 11 is 0. The SMILES string of the molecule is CCCC(=O)Nc1cccc(CN=C(NCC)NCCCNC(=O)OC(C)(C)C)c1.I. The van der Waals surface area contributed by atoms with Crippen LogP contribution in [0.4, 0.5) is 10.5 Å². The van der Waals surface area contributed by atoms with E-state index in [2.05, 4.69) is 26.3 Å². The molecule has 1 rings (SSSR count). The van der Waals surface area contributed by atoms with Crippen LogP contribution >= 0.6 is 24.0 Å². The number of rotatable bonds is 10. The van der Waals surface area contributed by atoms with Crippen LogP contribution in [0.15, 0.2) is 29.3 Å². The van der Waals surface area contributed by atoms with Crippen LogP contribution in [0.5, 0.6) is 0 Å². The molecule has 0 aliphatic rings. The van der Waals surface area contributed by atoms with Crippen LogP contribution in [0.1, 0.15) is 59.4 Å². The Balaban J connectivity index is 0.00000900. The number of carbonyl (C=O) groups is 2. The molecule has 4 N–H and O–H groups in total. The van der Waals surface area contributed by atoms with Crippen molar-refractivity contribution in [1.82, 2.24) is 16.0 Å². The molecule has 0 heterocycles. The third-order valence-corrected chi connectivity index (χ3v) is 3.77. The maximum atomic E-state index is 11.8. The van der Waals surface area contributed by atoms with Crippen molar-refractivity contribution in [3.63, 3.8) is 0 Å². The molecule has 0 saturated heterocycles. The number of ether oxygens (including phenoxy) is 1. The first-order chi connectivity index (χ1) is 14.2. The molecule has 0 fully saturated rings. The molecule has 1 aromatic rings. The molecule has 9 heteroatoms. The van der Waals surface area contributed by atoms with E-state index >= 15 is 0 Å². The predicted molar refractivity (Wildman–Crippen MR) is 137 cm³/mol. The van der Waals surface area contributed by atoms with Gasteiger partial charge < -0.3 is 26.0 Å². The average Bonchev–Trinajstić information content (AvgIpc) is 2.64. The van der Waals surface area contributed by atoms with Crippen molar-refractivity contribution in [2.75, 3.05) is 25.0 Å². The van der Waals surface area contributed by atoms with Crippen LogP contribution in [0.2, 0.25) is 0 Å². The fourth-order valence-electron chi connectivity index (χ4n) is 2.51. The fourth-order valence-corrected chi connectivity index (χ4v) is 2.51. The van der Waals surface area contributed by atoms with E-state index in [9.17, 15) is 9.59 Å². The third-order valence-electron chi connectivity index (χ3n) is 3.77. The molecule has 0 aliphatic carbocycles. The minimum atomic E-state index is -0.497. The van der Waals surface area contributed by atoms with Crippen molar-refractivity contribution in [1.29, 1.82) is 0 Å². The quantitative estimate of drug-likeness (QED) is 0.153. The van der Waals surface area contributed by atoms with Crippen LogP contribution in [0.25, 0.3) is 0 Å². The van der Waals surface area contributed by atoms with E-state index in [1.165, 1.54) is 0 Å². The Morgan fingerprint density at radius 2 is 1.77 bits per heavy atom. The van der Waals surface area contributed by atoms with Crippen molar-refractivity contribution < 1.29 is 14.3 Å². The van der Waals surface area contributed by atoms with E-state index in [1.54, 1.807) is 0 Å². The molecule has 0 radical (unpaired) electrons. The summed E-state index contributed by atoms with van der Waals surface area (Å²) in [4.78, 5) is 28.0. The molecular weight excluding hydrogens is 509 g/mol. The minimum Gasteiger partial charge on any atom is -0.444 e. The number of halogens is 1. The molecule has 0 unspecified atom stereocenters. The standard InChI is InChI=1S/C22H37N5O3.HI/c1-6-10-19(28)27-18-12-8-11-17(15-18)16-26-20(23-7-2)24-13-9-14-25-21(29)30-22(3,4)5;/h8,11-12,15H,6-7,9-10,13-14,16H2,1-5H3,(H,25,29)(H,27,28)(H2,23,24,26);1H. The number of carbonyl (C=O) groups excluding carboxylic acids is 2. The zero-order chi connectivity index (χ0) is 22.4. The number of nitrogens with one attached hydrogen (secondary N) is 4. The molecule has 0 atom stereocenters. The summed E-state index contributed by atoms with van der Waals surface area (Å²) in [7, 11) is 0. The highest BCUT2D eigenvalue weighted by atomic mass is 127. The molecule has 31 heavy (non-hydrogen) atoms. The van der Waals surface area contributed by atoms with E-state index in [1.807, 2.05) is 58.9 Å². The first kappa shape index (κ1) is 29.0. The second-order valence-electron chi connectivity index (χ2n) is 7.90. The van der Waals surface area contributed by atoms with Crippen LogP contribution in [0, 0.1) is 0 Å². The van der Waals surface area contributed by atoms with Gasteiger partial charge in [-0.2, -0.15) is 0 Å². The molecule has 0 saturated carbocycles. The Morgan fingerprint density at radius 1 is 1.06 bits per heavy atom. The lowest BCUT2D eigenvalue weighted by atomic mass is 10.2. The Bertz CT molecular complexity index is 705. The van der Waals surface area contributed by atoms with Gasteiger partial charge in [0.25, 0.3) is 0 Å². The lowest BCUT2D eigenvalue weighted by Gasteiger charge is -2.19. The number of nitrogens with zero attached hydrogens (tertiary/aromatic N) is 1. The summed E-state index contributed by atoms with van der Waals surface area (Å²) in [5.74, 6) is 0.725. The zero-order valence-corrected chi connectivity index (χ0v) is 21.7. The fraction of sp³-hybridized carbons (Fsp3) is 0.591. The van der Waals surface area contributed by atoms with Crippen molar-refractivity contribution in [3.05, 3.63) is 29.8 Å². The highest BCUT2D eigenvalue weighted by Gasteiger charge is 2.15. The van der Waals surface area contributed by atoms with Crippen molar-refractivity contribution in [3.8, 4) is 0 Å². The second kappa shape index (κ2) is 15.7. The van der Waals surface area contributed by atoms with E-state index in [-0.39, 0.29) is 29.9 Å². The Kier molecular flexibility index (Phi) is 14.7. The Morgan fingerprint density at radius 3 is 2.42 bits per heavy atom. The maximum Gasteiger partial charge on any atom is 0.407 e. The van der Waals surface area contributed by atoms with Crippen molar-refractivity contribution >= 4 is 47.6 Å². The molecule has 1 aromatic carbocycles. The average molecular weight is 547 g/mol. The topological polar surface area (TPSA) is 104 Å². The summed E-state index contributed by atoms with van der Waals surface area (Å²) in [6.45, 7) is 11.9. The first-order valence-corrected chi connectivity index (χ1v) is 10.6. The molecule has 0 aromatic heterocycles. The highest BCUT2D eigenvalue weighted by molar-refractivity contribution is 14.0. The smallest absolute Gasteiger partial charge is 0.407 e. The monoisotopic (exact) mass is 547 g/mol. The summed E-state index contributed by atoms with van der Waals surface area (Å²) < 4.78 is 5.21. The summed E-state index contributed by atoms with van der Waals surface area (Å²) in [6, 6.07) is 7.70. The van der Waals surface area contributed by atoms with Gasteiger partial charge in [0.2, 0.25) is 5.91 Å². The van der Waals surface area contributed by atoms with Gasteiger partial charge in [-0.25, -0.2) is 9.79 Å². The van der Waals surface area contributed by atoms with Crippen LogP contribution in [0.3, 0.4) is 0 Å². The third kappa shape index (κ3) is 14.6. The molecule has 8 nitrogen and oxygen atoms in total. The van der Waals surface area contributed by atoms with Crippen LogP contribution < -0.4 is 21.3 Å². The van der Waals surface area contributed by atoms with Gasteiger partial charge in [0.05, 0.1) is 6.54 Å². The molecule has 2 amide bonds. The lowest BCUT2D eigenvalue weighted by Crippen LogP contribution is -2.39. The van der Waals surface area contributed by atoms with Gasteiger partial charge in [-0.05, 0) is 58.2 Å². The minimum absolute atomic E-state index is 0. The molecule has 0 aliphatic heterocycles. The maximum absolute atomic E-state index is 11.8. The summed E-state index contributed by atoms with van der Waals surface area (Å²) in [5, 5.41) is 12.1.